The highest BCUT2D eigenvalue weighted by Crippen LogP contribution is 2.35. The second-order valence-electron chi connectivity index (χ2n) is 5.70. The predicted octanol–water partition coefficient (Wildman–Crippen LogP) is 3.76. The molecule has 0 aliphatic heterocycles. The number of aromatic carboxylic acids is 1. The van der Waals surface area contributed by atoms with E-state index in [0.717, 1.165) is 16.0 Å². The molecule has 0 atom stereocenters. The summed E-state index contributed by atoms with van der Waals surface area (Å²) in [5, 5.41) is 9.11. The lowest BCUT2D eigenvalue weighted by atomic mass is 10.1. The highest BCUT2D eigenvalue weighted by molar-refractivity contribution is 7.98. The van der Waals surface area contributed by atoms with Gasteiger partial charge in [-0.3, -0.25) is 4.90 Å². The molecule has 134 valence electrons. The summed E-state index contributed by atoms with van der Waals surface area (Å²) in [7, 11) is 5.26. The van der Waals surface area contributed by atoms with Gasteiger partial charge in [0.15, 0.2) is 11.5 Å². The molecule has 5 nitrogen and oxygen atoms in total. The van der Waals surface area contributed by atoms with Crippen LogP contribution in [0.3, 0.4) is 0 Å². The summed E-state index contributed by atoms with van der Waals surface area (Å²) < 4.78 is 10.8. The van der Waals surface area contributed by atoms with Gasteiger partial charge in [0.05, 0.1) is 19.8 Å². The summed E-state index contributed by atoms with van der Waals surface area (Å²) in [5.74, 6) is 0.512. The van der Waals surface area contributed by atoms with Gasteiger partial charge in [0.25, 0.3) is 0 Å². The molecule has 0 aliphatic rings. The maximum absolute atomic E-state index is 11.1. The maximum Gasteiger partial charge on any atom is 0.335 e. The van der Waals surface area contributed by atoms with E-state index in [-0.39, 0.29) is 0 Å². The Hall–Kier alpha value is -2.18. The van der Waals surface area contributed by atoms with Crippen LogP contribution in [0.1, 0.15) is 21.5 Å². The Balaban J connectivity index is 2.18. The van der Waals surface area contributed by atoms with Crippen LogP contribution < -0.4 is 9.47 Å². The molecule has 6 heteroatoms. The van der Waals surface area contributed by atoms with Gasteiger partial charge < -0.3 is 14.6 Å². The molecular formula is C19H23NO4S. The second kappa shape index (κ2) is 8.78. The molecule has 0 fully saturated rings. The van der Waals surface area contributed by atoms with Crippen molar-refractivity contribution < 1.29 is 19.4 Å². The minimum atomic E-state index is -0.908. The van der Waals surface area contributed by atoms with Crippen LogP contribution in [-0.2, 0) is 13.1 Å². The molecule has 2 aromatic carbocycles. The van der Waals surface area contributed by atoms with Gasteiger partial charge in [0, 0.05) is 18.0 Å². The standard InChI is InChI=1S/C19H23NO4S/c1-20(11-13-6-5-7-14(8-13)19(21)22)12-15-9-16(23-2)17(24-3)10-18(15)25-4/h5-10H,11-12H2,1-4H3,(H,21,22). The van der Waals surface area contributed by atoms with E-state index in [1.807, 2.05) is 31.5 Å². The van der Waals surface area contributed by atoms with E-state index in [4.69, 9.17) is 14.6 Å². The summed E-state index contributed by atoms with van der Waals surface area (Å²) >= 11 is 1.66. The zero-order chi connectivity index (χ0) is 18.4. The highest BCUT2D eigenvalue weighted by atomic mass is 32.2. The molecule has 0 aromatic heterocycles. The average Bonchev–Trinajstić information content (AvgIpc) is 2.61. The Bertz CT molecular complexity index is 748. The van der Waals surface area contributed by atoms with Gasteiger partial charge in [-0.15, -0.1) is 11.8 Å². The van der Waals surface area contributed by atoms with Crippen molar-refractivity contribution in [3.05, 3.63) is 53.1 Å². The zero-order valence-corrected chi connectivity index (χ0v) is 15.7. The van der Waals surface area contributed by atoms with Gasteiger partial charge in [-0.05, 0) is 48.7 Å². The molecule has 0 spiro atoms. The Morgan fingerprint density at radius 1 is 1.12 bits per heavy atom. The molecular weight excluding hydrogens is 338 g/mol. The fourth-order valence-corrected chi connectivity index (χ4v) is 3.29. The van der Waals surface area contributed by atoms with Gasteiger partial charge >= 0.3 is 5.97 Å². The first-order valence-corrected chi connectivity index (χ1v) is 9.00. The van der Waals surface area contributed by atoms with Crippen molar-refractivity contribution in [2.45, 2.75) is 18.0 Å². The highest BCUT2D eigenvalue weighted by Gasteiger charge is 2.13. The normalized spacial score (nSPS) is 10.8. The first-order chi connectivity index (χ1) is 12.0. The number of carboxylic acids is 1. The summed E-state index contributed by atoms with van der Waals surface area (Å²) in [6, 6.07) is 11.0. The molecule has 2 aromatic rings. The zero-order valence-electron chi connectivity index (χ0n) is 14.9. The van der Waals surface area contributed by atoms with Crippen molar-refractivity contribution in [2.24, 2.45) is 0 Å². The number of hydrogen-bond donors (Lipinski definition) is 1. The van der Waals surface area contributed by atoms with Gasteiger partial charge in [0.1, 0.15) is 0 Å². The summed E-state index contributed by atoms with van der Waals surface area (Å²) in [4.78, 5) is 14.4. The molecule has 0 heterocycles. The molecule has 0 unspecified atom stereocenters. The molecule has 2 rings (SSSR count). The Labute approximate surface area is 152 Å². The van der Waals surface area contributed by atoms with Gasteiger partial charge in [-0.1, -0.05) is 12.1 Å². The number of carbonyl (C=O) groups is 1. The Kier molecular flexibility index (Phi) is 6.73. The van der Waals surface area contributed by atoms with E-state index < -0.39 is 5.97 Å². The molecule has 25 heavy (non-hydrogen) atoms. The number of rotatable bonds is 8. The third-order valence-corrected chi connectivity index (χ3v) is 4.67. The van der Waals surface area contributed by atoms with Crippen LogP contribution in [0.2, 0.25) is 0 Å². The van der Waals surface area contributed by atoms with Crippen molar-refractivity contribution in [3.63, 3.8) is 0 Å². The number of carboxylic acid groups (broad SMARTS) is 1. The number of benzene rings is 2. The van der Waals surface area contributed by atoms with Crippen LogP contribution in [0.4, 0.5) is 0 Å². The average molecular weight is 361 g/mol. The summed E-state index contributed by atoms with van der Waals surface area (Å²) in [5.41, 5.74) is 2.41. The predicted molar refractivity (Wildman–Crippen MR) is 99.9 cm³/mol. The van der Waals surface area contributed by atoms with Crippen LogP contribution in [0, 0.1) is 0 Å². The number of thioether (sulfide) groups is 1. The molecule has 1 N–H and O–H groups in total. The number of hydrogen-bond acceptors (Lipinski definition) is 5. The van der Waals surface area contributed by atoms with E-state index in [1.165, 1.54) is 0 Å². The SMILES string of the molecule is COc1cc(CN(C)Cc2cccc(C(=O)O)c2)c(SC)cc1OC. The van der Waals surface area contributed by atoms with Crippen LogP contribution in [0.5, 0.6) is 11.5 Å². The maximum atomic E-state index is 11.1. The lowest BCUT2D eigenvalue weighted by Crippen LogP contribution is -2.18. The van der Waals surface area contributed by atoms with E-state index in [1.54, 1.807) is 44.2 Å². The fourth-order valence-electron chi connectivity index (χ4n) is 2.68. The van der Waals surface area contributed by atoms with Gasteiger partial charge in [0.2, 0.25) is 0 Å². The number of ether oxygens (including phenoxy) is 2. The Morgan fingerprint density at radius 2 is 1.80 bits per heavy atom. The molecule has 0 saturated heterocycles. The van der Waals surface area contributed by atoms with Gasteiger partial charge in [-0.2, -0.15) is 0 Å². The van der Waals surface area contributed by atoms with Gasteiger partial charge in [-0.25, -0.2) is 4.79 Å². The molecule has 0 aliphatic carbocycles. The van der Waals surface area contributed by atoms with E-state index in [0.29, 0.717) is 30.2 Å². The molecule has 0 bridgehead atoms. The largest absolute Gasteiger partial charge is 0.493 e. The number of methoxy groups -OCH3 is 2. The summed E-state index contributed by atoms with van der Waals surface area (Å²) in [6.07, 6.45) is 2.03. The van der Waals surface area contributed by atoms with Crippen LogP contribution in [-0.4, -0.2) is 43.5 Å². The van der Waals surface area contributed by atoms with Crippen LogP contribution in [0.25, 0.3) is 0 Å². The smallest absolute Gasteiger partial charge is 0.335 e. The van der Waals surface area contributed by atoms with Crippen molar-refractivity contribution in [1.82, 2.24) is 4.90 Å². The number of nitrogens with zero attached hydrogens (tertiary/aromatic N) is 1. The van der Waals surface area contributed by atoms with E-state index >= 15 is 0 Å². The second-order valence-corrected chi connectivity index (χ2v) is 6.54. The third kappa shape index (κ3) is 4.90. The topological polar surface area (TPSA) is 59.0 Å². The van der Waals surface area contributed by atoms with Crippen molar-refractivity contribution >= 4 is 17.7 Å². The minimum absolute atomic E-state index is 0.307. The first kappa shape index (κ1) is 19.1. The molecule has 0 amide bonds. The summed E-state index contributed by atoms with van der Waals surface area (Å²) in [6.45, 7) is 1.37. The van der Waals surface area contributed by atoms with Crippen molar-refractivity contribution in [2.75, 3.05) is 27.5 Å². The van der Waals surface area contributed by atoms with E-state index in [2.05, 4.69) is 4.90 Å². The fraction of sp³-hybridized carbons (Fsp3) is 0.316. The van der Waals surface area contributed by atoms with Crippen molar-refractivity contribution in [1.29, 1.82) is 0 Å². The van der Waals surface area contributed by atoms with Crippen molar-refractivity contribution in [3.8, 4) is 11.5 Å². The Morgan fingerprint density at radius 3 is 2.40 bits per heavy atom. The molecule has 0 saturated carbocycles. The lowest BCUT2D eigenvalue weighted by Gasteiger charge is -2.20. The minimum Gasteiger partial charge on any atom is -0.493 e. The quantitative estimate of drug-likeness (QED) is 0.723. The van der Waals surface area contributed by atoms with Crippen LogP contribution >= 0.6 is 11.8 Å². The lowest BCUT2D eigenvalue weighted by molar-refractivity contribution is 0.0696. The monoisotopic (exact) mass is 361 g/mol. The first-order valence-electron chi connectivity index (χ1n) is 7.78. The molecule has 0 radical (unpaired) electrons. The third-order valence-electron chi connectivity index (χ3n) is 3.85. The van der Waals surface area contributed by atoms with E-state index in [9.17, 15) is 4.79 Å². The van der Waals surface area contributed by atoms with Crippen LogP contribution in [0.15, 0.2) is 41.3 Å².